The van der Waals surface area contributed by atoms with Crippen LogP contribution in [0.15, 0.2) is 108 Å². The molecule has 2 aliphatic rings. The summed E-state index contributed by atoms with van der Waals surface area (Å²) in [5, 5.41) is 2.91. The summed E-state index contributed by atoms with van der Waals surface area (Å²) in [6, 6.07) is 26.7. The number of aliphatic imine (C=N–C) groups is 1. The van der Waals surface area contributed by atoms with Gasteiger partial charge in [0.25, 0.3) is 0 Å². The highest BCUT2D eigenvalue weighted by Crippen LogP contribution is 2.43. The topological polar surface area (TPSA) is 70.5 Å². The number of amides is 1. The first-order valence-corrected chi connectivity index (χ1v) is 13.0. The summed E-state index contributed by atoms with van der Waals surface area (Å²) in [5.41, 5.74) is 6.15. The molecule has 0 saturated carbocycles. The second-order valence-corrected chi connectivity index (χ2v) is 9.78. The molecule has 0 spiro atoms. The highest BCUT2D eigenvalue weighted by atomic mass is 79.9. The van der Waals surface area contributed by atoms with Crippen molar-refractivity contribution in [2.75, 3.05) is 16.8 Å². The zero-order valence-electron chi connectivity index (χ0n) is 20.2. The summed E-state index contributed by atoms with van der Waals surface area (Å²) >= 11 is 3.75. The minimum Gasteiger partial charge on any atom is -0.340 e. The Morgan fingerprint density at radius 3 is 2.41 bits per heavy atom. The molecule has 182 valence electrons. The largest absolute Gasteiger partial charge is 0.340 e. The molecular formula is C30H24BrN5O. The minimum absolute atomic E-state index is 0.000559. The fraction of sp³-hybridized carbons (Fsp3) is 0.133. The Kier molecular flexibility index (Phi) is 5.93. The molecule has 37 heavy (non-hydrogen) atoms. The number of carbonyl (C=O) groups excluding carboxylic acids is 1. The first-order valence-electron chi connectivity index (χ1n) is 12.2. The van der Waals surface area contributed by atoms with Crippen LogP contribution in [0.1, 0.15) is 23.9 Å². The quantitative estimate of drug-likeness (QED) is 0.315. The van der Waals surface area contributed by atoms with E-state index in [9.17, 15) is 4.79 Å². The van der Waals surface area contributed by atoms with Crippen LogP contribution in [-0.2, 0) is 16.8 Å². The summed E-state index contributed by atoms with van der Waals surface area (Å²) in [4.78, 5) is 28.5. The van der Waals surface area contributed by atoms with Gasteiger partial charge in [0.2, 0.25) is 5.91 Å². The zero-order valence-corrected chi connectivity index (χ0v) is 21.8. The van der Waals surface area contributed by atoms with Crippen molar-refractivity contribution < 1.29 is 4.79 Å². The van der Waals surface area contributed by atoms with Gasteiger partial charge in [0.05, 0.1) is 12.1 Å². The maximum Gasteiger partial charge on any atom is 0.228 e. The Labute approximate surface area is 223 Å². The number of aromatic nitrogens is 2. The number of nitrogens with zero attached hydrogens (tertiary/aromatic N) is 4. The molecule has 0 radical (unpaired) electrons. The molecule has 7 heteroatoms. The number of nitrogens with one attached hydrogen (secondary N) is 1. The van der Waals surface area contributed by atoms with E-state index in [0.29, 0.717) is 12.2 Å². The van der Waals surface area contributed by atoms with E-state index in [4.69, 9.17) is 4.99 Å². The molecule has 3 aromatic carbocycles. The van der Waals surface area contributed by atoms with Gasteiger partial charge in [-0.15, -0.1) is 0 Å². The monoisotopic (exact) mass is 549 g/mol. The van der Waals surface area contributed by atoms with Gasteiger partial charge in [0.1, 0.15) is 4.62 Å². The highest BCUT2D eigenvalue weighted by Gasteiger charge is 2.42. The standard InChI is InChI=1S/C30H24BrN5O/c1-2-36(24-12-9-21(10-13-24)20-7-4-3-5-8-20)26-19-30(35-28(26)31,29-32-15-6-16-33-29)23-11-14-25-22(17-23)18-27(37)34-25/h3-17,19H,2,18H2,1H3,(H,34,37). The molecule has 2 aliphatic heterocycles. The molecule has 0 saturated heterocycles. The van der Waals surface area contributed by atoms with E-state index in [1.807, 2.05) is 24.3 Å². The van der Waals surface area contributed by atoms with Crippen molar-refractivity contribution in [3.63, 3.8) is 0 Å². The fourth-order valence-corrected chi connectivity index (χ4v) is 5.61. The first kappa shape index (κ1) is 23.3. The predicted octanol–water partition coefficient (Wildman–Crippen LogP) is 6.10. The number of carbonyl (C=O) groups is 1. The number of anilines is 2. The molecular weight excluding hydrogens is 526 g/mol. The van der Waals surface area contributed by atoms with E-state index in [0.717, 1.165) is 39.4 Å². The van der Waals surface area contributed by atoms with Crippen LogP contribution in [0.5, 0.6) is 0 Å². The van der Waals surface area contributed by atoms with Gasteiger partial charge in [0, 0.05) is 30.3 Å². The van der Waals surface area contributed by atoms with E-state index < -0.39 is 5.54 Å². The van der Waals surface area contributed by atoms with Crippen molar-refractivity contribution in [3.05, 3.63) is 120 Å². The minimum atomic E-state index is -0.923. The molecule has 6 rings (SSSR count). The first-order chi connectivity index (χ1) is 18.1. The zero-order chi connectivity index (χ0) is 25.4. The smallest absolute Gasteiger partial charge is 0.228 e. The van der Waals surface area contributed by atoms with Gasteiger partial charge in [-0.05, 0) is 81.5 Å². The van der Waals surface area contributed by atoms with Crippen molar-refractivity contribution in [3.8, 4) is 11.1 Å². The van der Waals surface area contributed by atoms with Crippen LogP contribution in [0.2, 0.25) is 0 Å². The van der Waals surface area contributed by atoms with Crippen LogP contribution in [0.25, 0.3) is 11.1 Å². The maximum atomic E-state index is 12.0. The molecule has 0 fully saturated rings. The number of halogens is 1. The lowest BCUT2D eigenvalue weighted by molar-refractivity contribution is -0.115. The summed E-state index contributed by atoms with van der Waals surface area (Å²) in [5.74, 6) is 0.579. The number of hydrogen-bond acceptors (Lipinski definition) is 5. The molecule has 0 aliphatic carbocycles. The van der Waals surface area contributed by atoms with Gasteiger partial charge in [-0.1, -0.05) is 48.5 Å². The summed E-state index contributed by atoms with van der Waals surface area (Å²) in [6.07, 6.45) is 5.94. The van der Waals surface area contributed by atoms with Gasteiger partial charge in [0.15, 0.2) is 11.4 Å². The Bertz CT molecular complexity index is 1530. The number of rotatable bonds is 6. The number of benzene rings is 3. The van der Waals surface area contributed by atoms with Crippen molar-refractivity contribution in [2.45, 2.75) is 18.9 Å². The second kappa shape index (κ2) is 9.41. The maximum absolute atomic E-state index is 12.0. The van der Waals surface area contributed by atoms with E-state index in [-0.39, 0.29) is 5.91 Å². The number of fused-ring (bicyclic) bond motifs is 1. The van der Waals surface area contributed by atoms with Crippen LogP contribution in [0.3, 0.4) is 0 Å². The molecule has 1 aromatic heterocycles. The predicted molar refractivity (Wildman–Crippen MR) is 151 cm³/mol. The average molecular weight is 550 g/mol. The lowest BCUT2D eigenvalue weighted by atomic mass is 9.88. The van der Waals surface area contributed by atoms with E-state index in [2.05, 4.69) is 97.6 Å². The second-order valence-electron chi connectivity index (χ2n) is 9.03. The number of hydrogen-bond donors (Lipinski definition) is 1. The van der Waals surface area contributed by atoms with Crippen LogP contribution in [-0.4, -0.2) is 27.0 Å². The summed E-state index contributed by atoms with van der Waals surface area (Å²) in [7, 11) is 0. The van der Waals surface area contributed by atoms with Crippen LogP contribution >= 0.6 is 15.9 Å². The van der Waals surface area contributed by atoms with Gasteiger partial charge in [-0.25, -0.2) is 9.97 Å². The lowest BCUT2D eigenvalue weighted by Crippen LogP contribution is -2.26. The van der Waals surface area contributed by atoms with E-state index >= 15 is 0 Å². The highest BCUT2D eigenvalue weighted by molar-refractivity contribution is 9.18. The molecule has 1 atom stereocenters. The molecule has 3 heterocycles. The van der Waals surface area contributed by atoms with E-state index in [1.54, 1.807) is 18.5 Å². The summed E-state index contributed by atoms with van der Waals surface area (Å²) < 4.78 is 0.726. The van der Waals surface area contributed by atoms with Crippen molar-refractivity contribution in [2.24, 2.45) is 4.99 Å². The average Bonchev–Trinajstić information content (AvgIpc) is 3.49. The van der Waals surface area contributed by atoms with Crippen molar-refractivity contribution in [1.82, 2.24) is 9.97 Å². The molecule has 4 aromatic rings. The van der Waals surface area contributed by atoms with Gasteiger partial charge >= 0.3 is 0 Å². The Hall–Kier alpha value is -4.10. The number of allylic oxidation sites excluding steroid dienone is 1. The van der Waals surface area contributed by atoms with Crippen LogP contribution in [0, 0.1) is 0 Å². The normalized spacial score (nSPS) is 18.2. The third kappa shape index (κ3) is 4.15. The molecule has 1 N–H and O–H groups in total. The fourth-order valence-electron chi connectivity index (χ4n) is 5.00. The van der Waals surface area contributed by atoms with Crippen molar-refractivity contribution in [1.29, 1.82) is 0 Å². The Morgan fingerprint density at radius 1 is 0.946 bits per heavy atom. The van der Waals surface area contributed by atoms with Crippen LogP contribution in [0.4, 0.5) is 11.4 Å². The van der Waals surface area contributed by atoms with E-state index in [1.165, 1.54) is 11.1 Å². The third-order valence-electron chi connectivity index (χ3n) is 6.80. The molecule has 1 unspecified atom stereocenters. The third-order valence-corrected chi connectivity index (χ3v) is 7.39. The Balaban J connectivity index is 1.43. The van der Waals surface area contributed by atoms with Gasteiger partial charge in [-0.2, -0.15) is 0 Å². The molecule has 6 nitrogen and oxygen atoms in total. The Morgan fingerprint density at radius 2 is 1.68 bits per heavy atom. The summed E-state index contributed by atoms with van der Waals surface area (Å²) in [6.45, 7) is 2.87. The van der Waals surface area contributed by atoms with Gasteiger partial charge in [-0.3, -0.25) is 9.79 Å². The molecule has 0 bridgehead atoms. The lowest BCUT2D eigenvalue weighted by Gasteiger charge is -2.26. The van der Waals surface area contributed by atoms with Gasteiger partial charge < -0.3 is 10.2 Å². The molecule has 1 amide bonds. The SMILES string of the molecule is CCN(C1=CC(c2ccc3c(c2)CC(=O)N3)(c2ncccn2)N=C1Br)c1ccc(-c2ccccc2)cc1. The van der Waals surface area contributed by atoms with Crippen LogP contribution < -0.4 is 10.2 Å². The van der Waals surface area contributed by atoms with Crippen molar-refractivity contribution >= 4 is 37.8 Å².